The SMILES string of the molecule is CCOC(=O)N1CCN(c2nc(C)cc(NCC3CCCO3)n2)CC1. The van der Waals surface area contributed by atoms with E-state index in [4.69, 9.17) is 9.47 Å². The summed E-state index contributed by atoms with van der Waals surface area (Å²) in [6.45, 7) is 8.46. The lowest BCUT2D eigenvalue weighted by Crippen LogP contribution is -2.49. The molecule has 2 saturated heterocycles. The smallest absolute Gasteiger partial charge is 0.409 e. The van der Waals surface area contributed by atoms with E-state index in [1.807, 2.05) is 19.9 Å². The van der Waals surface area contributed by atoms with Crippen molar-refractivity contribution in [3.05, 3.63) is 11.8 Å². The van der Waals surface area contributed by atoms with Crippen molar-refractivity contribution >= 4 is 17.9 Å². The second kappa shape index (κ2) is 8.33. The Labute approximate surface area is 148 Å². The fourth-order valence-corrected chi connectivity index (χ4v) is 3.11. The lowest BCUT2D eigenvalue weighted by atomic mass is 10.2. The number of rotatable bonds is 5. The molecule has 1 amide bonds. The lowest BCUT2D eigenvalue weighted by molar-refractivity contribution is 0.105. The molecule has 3 heterocycles. The van der Waals surface area contributed by atoms with Crippen LogP contribution < -0.4 is 10.2 Å². The van der Waals surface area contributed by atoms with Crippen LogP contribution in [0.3, 0.4) is 0 Å². The van der Waals surface area contributed by atoms with Gasteiger partial charge in [-0.1, -0.05) is 0 Å². The molecule has 0 spiro atoms. The quantitative estimate of drug-likeness (QED) is 0.866. The summed E-state index contributed by atoms with van der Waals surface area (Å²) in [5.74, 6) is 1.53. The predicted molar refractivity (Wildman–Crippen MR) is 95.0 cm³/mol. The van der Waals surface area contributed by atoms with Gasteiger partial charge in [0.05, 0.1) is 12.7 Å². The zero-order valence-electron chi connectivity index (χ0n) is 15.0. The Hall–Kier alpha value is -2.09. The second-order valence-electron chi connectivity index (χ2n) is 6.38. The third-order valence-electron chi connectivity index (χ3n) is 4.47. The van der Waals surface area contributed by atoms with Crippen molar-refractivity contribution in [3.8, 4) is 0 Å². The fraction of sp³-hybridized carbons (Fsp3) is 0.706. The van der Waals surface area contributed by atoms with Crippen LogP contribution in [0, 0.1) is 6.92 Å². The summed E-state index contributed by atoms with van der Waals surface area (Å²) < 4.78 is 10.7. The van der Waals surface area contributed by atoms with Gasteiger partial charge >= 0.3 is 6.09 Å². The van der Waals surface area contributed by atoms with Crippen molar-refractivity contribution in [1.82, 2.24) is 14.9 Å². The average molecular weight is 349 g/mol. The molecule has 0 aromatic carbocycles. The maximum atomic E-state index is 11.8. The zero-order valence-corrected chi connectivity index (χ0v) is 15.0. The van der Waals surface area contributed by atoms with Gasteiger partial charge in [0, 0.05) is 51.1 Å². The summed E-state index contributed by atoms with van der Waals surface area (Å²) in [7, 11) is 0. The first-order valence-corrected chi connectivity index (χ1v) is 9.03. The van der Waals surface area contributed by atoms with Crippen molar-refractivity contribution in [3.63, 3.8) is 0 Å². The van der Waals surface area contributed by atoms with Crippen LogP contribution in [-0.2, 0) is 9.47 Å². The Morgan fingerprint density at radius 1 is 1.36 bits per heavy atom. The third kappa shape index (κ3) is 4.72. The number of carbonyl (C=O) groups excluding carboxylic acids is 1. The Balaban J connectivity index is 1.57. The second-order valence-corrected chi connectivity index (χ2v) is 6.38. The minimum absolute atomic E-state index is 0.244. The number of nitrogens with zero attached hydrogens (tertiary/aromatic N) is 4. The number of ether oxygens (including phenoxy) is 2. The number of carbonyl (C=O) groups is 1. The van der Waals surface area contributed by atoms with Gasteiger partial charge in [-0.15, -0.1) is 0 Å². The maximum Gasteiger partial charge on any atom is 0.409 e. The van der Waals surface area contributed by atoms with Crippen LogP contribution in [0.4, 0.5) is 16.6 Å². The van der Waals surface area contributed by atoms with Crippen molar-refractivity contribution in [2.24, 2.45) is 0 Å². The standard InChI is InChI=1S/C17H27N5O3/c1-3-24-17(23)22-8-6-21(7-9-22)16-19-13(2)11-15(20-16)18-12-14-5-4-10-25-14/h11,14H,3-10,12H2,1-2H3,(H,18,19,20). The molecule has 1 N–H and O–H groups in total. The van der Waals surface area contributed by atoms with Gasteiger partial charge in [-0.05, 0) is 26.7 Å². The van der Waals surface area contributed by atoms with Gasteiger partial charge in [0.15, 0.2) is 0 Å². The molecule has 2 aliphatic rings. The Morgan fingerprint density at radius 3 is 2.84 bits per heavy atom. The average Bonchev–Trinajstić information content (AvgIpc) is 3.13. The maximum absolute atomic E-state index is 11.8. The van der Waals surface area contributed by atoms with Gasteiger partial charge in [-0.25, -0.2) is 9.78 Å². The van der Waals surface area contributed by atoms with Gasteiger partial charge < -0.3 is 24.6 Å². The molecule has 0 radical (unpaired) electrons. The van der Waals surface area contributed by atoms with Gasteiger partial charge in [0.1, 0.15) is 5.82 Å². The molecule has 25 heavy (non-hydrogen) atoms. The van der Waals surface area contributed by atoms with Crippen LogP contribution in [0.2, 0.25) is 0 Å². The molecule has 0 saturated carbocycles. The van der Waals surface area contributed by atoms with Crippen LogP contribution >= 0.6 is 0 Å². The van der Waals surface area contributed by atoms with Gasteiger partial charge in [0.25, 0.3) is 0 Å². The highest BCUT2D eigenvalue weighted by molar-refractivity contribution is 5.68. The fourth-order valence-electron chi connectivity index (χ4n) is 3.11. The van der Waals surface area contributed by atoms with Crippen molar-refractivity contribution < 1.29 is 14.3 Å². The lowest BCUT2D eigenvalue weighted by Gasteiger charge is -2.34. The summed E-state index contributed by atoms with van der Waals surface area (Å²) in [5, 5.41) is 3.36. The monoisotopic (exact) mass is 349 g/mol. The number of hydrogen-bond donors (Lipinski definition) is 1. The first-order valence-electron chi connectivity index (χ1n) is 9.03. The summed E-state index contributed by atoms with van der Waals surface area (Å²) in [6.07, 6.45) is 2.25. The van der Waals surface area contributed by atoms with Crippen LogP contribution in [-0.4, -0.2) is 73.0 Å². The van der Waals surface area contributed by atoms with Gasteiger partial charge in [-0.2, -0.15) is 4.98 Å². The van der Waals surface area contributed by atoms with Crippen LogP contribution in [0.15, 0.2) is 6.07 Å². The Morgan fingerprint density at radius 2 is 2.16 bits per heavy atom. The molecule has 1 aromatic heterocycles. The molecule has 3 rings (SSSR count). The van der Waals surface area contributed by atoms with Crippen LogP contribution in [0.25, 0.3) is 0 Å². The molecule has 2 aliphatic heterocycles. The van der Waals surface area contributed by atoms with E-state index in [0.717, 1.165) is 37.5 Å². The normalized spacial score (nSPS) is 20.6. The summed E-state index contributed by atoms with van der Waals surface area (Å²) in [4.78, 5) is 24.8. The molecule has 1 aromatic rings. The molecule has 1 unspecified atom stereocenters. The third-order valence-corrected chi connectivity index (χ3v) is 4.47. The summed E-state index contributed by atoms with van der Waals surface area (Å²) in [6, 6.07) is 1.95. The number of hydrogen-bond acceptors (Lipinski definition) is 7. The highest BCUT2D eigenvalue weighted by atomic mass is 16.6. The van der Waals surface area contributed by atoms with E-state index in [1.165, 1.54) is 0 Å². The molecule has 138 valence electrons. The van der Waals surface area contributed by atoms with Crippen molar-refractivity contribution in [2.45, 2.75) is 32.8 Å². The number of amides is 1. The minimum atomic E-state index is -0.244. The Kier molecular flexibility index (Phi) is 5.91. The van der Waals surface area contributed by atoms with E-state index in [-0.39, 0.29) is 12.2 Å². The molecule has 1 atom stereocenters. The van der Waals surface area contributed by atoms with E-state index in [1.54, 1.807) is 4.90 Å². The number of anilines is 2. The highest BCUT2D eigenvalue weighted by Crippen LogP contribution is 2.17. The molecule has 8 heteroatoms. The number of nitrogens with one attached hydrogen (secondary N) is 1. The van der Waals surface area contributed by atoms with Crippen LogP contribution in [0.5, 0.6) is 0 Å². The first kappa shape index (κ1) is 17.7. The number of aryl methyl sites for hydroxylation is 1. The van der Waals surface area contributed by atoms with Crippen LogP contribution in [0.1, 0.15) is 25.5 Å². The van der Waals surface area contributed by atoms with E-state index in [9.17, 15) is 4.79 Å². The van der Waals surface area contributed by atoms with Crippen molar-refractivity contribution in [2.75, 3.05) is 56.2 Å². The largest absolute Gasteiger partial charge is 0.450 e. The molecule has 2 fully saturated rings. The van der Waals surface area contributed by atoms with E-state index >= 15 is 0 Å². The summed E-state index contributed by atoms with van der Waals surface area (Å²) in [5.41, 5.74) is 0.924. The molecular weight excluding hydrogens is 322 g/mol. The van der Waals surface area contributed by atoms with Crippen molar-refractivity contribution in [1.29, 1.82) is 0 Å². The summed E-state index contributed by atoms with van der Waals surface area (Å²) >= 11 is 0. The predicted octanol–water partition coefficient (Wildman–Crippen LogP) is 1.65. The topological polar surface area (TPSA) is 79.8 Å². The molecule has 8 nitrogen and oxygen atoms in total. The zero-order chi connectivity index (χ0) is 17.6. The minimum Gasteiger partial charge on any atom is -0.450 e. The number of piperazine rings is 1. The molecule has 0 aliphatic carbocycles. The van der Waals surface area contributed by atoms with Gasteiger partial charge in [0.2, 0.25) is 5.95 Å². The highest BCUT2D eigenvalue weighted by Gasteiger charge is 2.24. The first-order chi connectivity index (χ1) is 12.2. The van der Waals surface area contributed by atoms with Gasteiger partial charge in [-0.3, -0.25) is 0 Å². The molecular formula is C17H27N5O3. The Bertz CT molecular complexity index is 584. The van der Waals surface area contributed by atoms with E-state index in [0.29, 0.717) is 38.7 Å². The molecule has 0 bridgehead atoms. The van der Waals surface area contributed by atoms with E-state index < -0.39 is 0 Å². The van der Waals surface area contributed by atoms with E-state index in [2.05, 4.69) is 20.2 Å². The number of aromatic nitrogens is 2.